The summed E-state index contributed by atoms with van der Waals surface area (Å²) in [5, 5.41) is 12.0. The maximum absolute atomic E-state index is 11.2. The Kier molecular flexibility index (Phi) is 4.46. The molecule has 1 rings (SSSR count). The van der Waals surface area contributed by atoms with Crippen molar-refractivity contribution >= 4 is 19.6 Å². The van der Waals surface area contributed by atoms with Crippen LogP contribution in [-0.4, -0.2) is 30.7 Å². The van der Waals surface area contributed by atoms with Gasteiger partial charge in [-0.25, -0.2) is 0 Å². The molecule has 4 nitrogen and oxygen atoms in total. The van der Waals surface area contributed by atoms with E-state index < -0.39 is 17.4 Å². The van der Waals surface area contributed by atoms with Crippen molar-refractivity contribution in [3.63, 3.8) is 0 Å². The highest BCUT2D eigenvalue weighted by Gasteiger charge is 2.36. The summed E-state index contributed by atoms with van der Waals surface area (Å²) in [5.74, 6) is -0.958. The van der Waals surface area contributed by atoms with Crippen LogP contribution < -0.4 is 5.23 Å². The number of benzene rings is 1. The molecule has 0 amide bonds. The van der Waals surface area contributed by atoms with Crippen LogP contribution in [0.15, 0.2) is 30.3 Å². The fraction of sp³-hybridized carbons (Fsp3) is 0.333. The summed E-state index contributed by atoms with van der Waals surface area (Å²) in [6.45, 7) is 3.69. The molecule has 90 valence electrons. The largest absolute Gasteiger partial charge is 0.480 e. The number of hydrogen-bond acceptors (Lipinski definition) is 3. The molecule has 0 aliphatic rings. The third-order valence-electron chi connectivity index (χ3n) is 2.89. The van der Waals surface area contributed by atoms with Crippen molar-refractivity contribution in [1.29, 1.82) is 0 Å². The zero-order valence-electron chi connectivity index (χ0n) is 10.0. The van der Waals surface area contributed by atoms with Crippen LogP contribution in [-0.2, 0) is 15.0 Å². The Morgan fingerprint density at radius 3 is 2.47 bits per heavy atom. The van der Waals surface area contributed by atoms with Crippen LogP contribution in [0.25, 0.3) is 0 Å². The molecule has 0 spiro atoms. The first kappa shape index (κ1) is 13.4. The van der Waals surface area contributed by atoms with Crippen molar-refractivity contribution in [2.24, 2.45) is 0 Å². The van der Waals surface area contributed by atoms with E-state index in [1.54, 1.807) is 0 Å². The van der Waals surface area contributed by atoms with Crippen LogP contribution >= 0.6 is 0 Å². The van der Waals surface area contributed by atoms with Gasteiger partial charge in [0.25, 0.3) is 7.41 Å². The van der Waals surface area contributed by atoms with Gasteiger partial charge in [-0.3, -0.25) is 4.79 Å². The smallest absolute Gasteiger partial charge is 0.320 e. The number of carbonyl (C=O) groups is 2. The van der Waals surface area contributed by atoms with E-state index in [0.717, 1.165) is 5.56 Å². The fourth-order valence-corrected chi connectivity index (χ4v) is 1.85. The zero-order chi connectivity index (χ0) is 12.9. The van der Waals surface area contributed by atoms with E-state index in [9.17, 15) is 14.7 Å². The second-order valence-corrected chi connectivity index (χ2v) is 4.43. The van der Waals surface area contributed by atoms with Gasteiger partial charge in [-0.2, -0.15) is 0 Å². The summed E-state index contributed by atoms with van der Waals surface area (Å²) < 4.78 is 0. The molecule has 0 saturated heterocycles. The third-order valence-corrected chi connectivity index (χ3v) is 2.89. The van der Waals surface area contributed by atoms with Gasteiger partial charge in [0.1, 0.15) is 6.04 Å². The number of carbonyl (C=O) groups excluding carboxylic acids is 1. The van der Waals surface area contributed by atoms with Gasteiger partial charge < -0.3 is 15.1 Å². The van der Waals surface area contributed by atoms with Gasteiger partial charge in [0, 0.05) is 5.41 Å². The minimum Gasteiger partial charge on any atom is -0.480 e. The fourth-order valence-electron chi connectivity index (χ4n) is 1.85. The zero-order valence-corrected chi connectivity index (χ0v) is 10.0. The summed E-state index contributed by atoms with van der Waals surface area (Å²) in [6, 6.07) is 8.60. The predicted octanol–water partition coefficient (Wildman–Crippen LogP) is 0.549. The quantitative estimate of drug-likeness (QED) is 0.556. The number of carboxylic acid groups (broad SMARTS) is 1. The van der Waals surface area contributed by atoms with Crippen LogP contribution in [0.3, 0.4) is 0 Å². The standard InChI is InChI=1S/C12H16BNO3/c1-12(2,9-6-4-3-5-7-9)10(11(16)17)14-13-8-15/h3-8,10,13-14H,1-2H3,(H,16,17)/t10-/m1/s1. The maximum atomic E-state index is 11.2. The molecule has 1 atom stereocenters. The predicted molar refractivity (Wildman–Crippen MR) is 67.9 cm³/mol. The highest BCUT2D eigenvalue weighted by atomic mass is 16.4. The number of hydrogen-bond donors (Lipinski definition) is 2. The van der Waals surface area contributed by atoms with Gasteiger partial charge in [0.05, 0.1) is 6.19 Å². The Bertz CT molecular complexity index is 392. The van der Waals surface area contributed by atoms with Crippen LogP contribution in [0, 0.1) is 0 Å². The summed E-state index contributed by atoms with van der Waals surface area (Å²) in [7, 11) is 0.0350. The Morgan fingerprint density at radius 1 is 1.41 bits per heavy atom. The molecule has 0 aliphatic heterocycles. The molecule has 1 aromatic rings. The minimum absolute atomic E-state index is 0.0350. The summed E-state index contributed by atoms with van der Waals surface area (Å²) in [6.07, 6.45) is 0.664. The molecule has 1 aromatic carbocycles. The van der Waals surface area contributed by atoms with Crippen molar-refractivity contribution < 1.29 is 14.7 Å². The van der Waals surface area contributed by atoms with Gasteiger partial charge in [0.15, 0.2) is 0 Å². The van der Waals surface area contributed by atoms with Gasteiger partial charge in [0.2, 0.25) is 0 Å². The number of rotatable bonds is 6. The third kappa shape index (κ3) is 3.17. The second-order valence-electron chi connectivity index (χ2n) is 4.43. The van der Waals surface area contributed by atoms with Crippen molar-refractivity contribution in [3.05, 3.63) is 35.9 Å². The van der Waals surface area contributed by atoms with Gasteiger partial charge in [-0.1, -0.05) is 44.2 Å². The van der Waals surface area contributed by atoms with E-state index in [0.29, 0.717) is 6.19 Å². The molecule has 5 heteroatoms. The monoisotopic (exact) mass is 233 g/mol. The Labute approximate surface area is 101 Å². The molecule has 0 unspecified atom stereocenters. The molecule has 0 heterocycles. The van der Waals surface area contributed by atoms with E-state index in [-0.39, 0.29) is 7.41 Å². The van der Waals surface area contributed by atoms with Gasteiger partial charge in [-0.05, 0) is 5.56 Å². The molecule has 0 saturated carbocycles. The van der Waals surface area contributed by atoms with Crippen LogP contribution in [0.5, 0.6) is 0 Å². The van der Waals surface area contributed by atoms with Crippen molar-refractivity contribution in [1.82, 2.24) is 5.23 Å². The van der Waals surface area contributed by atoms with Gasteiger partial charge >= 0.3 is 5.97 Å². The molecule has 2 N–H and O–H groups in total. The average molecular weight is 233 g/mol. The lowest BCUT2D eigenvalue weighted by molar-refractivity contribution is -0.140. The van der Waals surface area contributed by atoms with Crippen LogP contribution in [0.2, 0.25) is 0 Å². The molecule has 17 heavy (non-hydrogen) atoms. The molecule has 0 aliphatic carbocycles. The van der Waals surface area contributed by atoms with Crippen molar-refractivity contribution in [3.8, 4) is 0 Å². The normalized spacial score (nSPS) is 12.8. The highest BCUT2D eigenvalue weighted by molar-refractivity contribution is 6.64. The first-order chi connectivity index (χ1) is 8.00. The number of carboxylic acids is 1. The summed E-state index contributed by atoms with van der Waals surface area (Å²) >= 11 is 0. The maximum Gasteiger partial charge on any atom is 0.320 e. The molecular weight excluding hydrogens is 217 g/mol. The lowest BCUT2D eigenvalue weighted by atomic mass is 9.75. The van der Waals surface area contributed by atoms with E-state index in [1.165, 1.54) is 0 Å². The van der Waals surface area contributed by atoms with Crippen molar-refractivity contribution in [2.45, 2.75) is 25.3 Å². The Hall–Kier alpha value is -1.62. The first-order valence-electron chi connectivity index (χ1n) is 5.45. The Balaban J connectivity index is 2.99. The van der Waals surface area contributed by atoms with Crippen molar-refractivity contribution in [2.75, 3.05) is 0 Å². The molecule has 0 fully saturated rings. The lowest BCUT2D eigenvalue weighted by Crippen LogP contribution is -2.51. The summed E-state index contributed by atoms with van der Waals surface area (Å²) in [4.78, 5) is 21.6. The van der Waals surface area contributed by atoms with Gasteiger partial charge in [-0.15, -0.1) is 0 Å². The Morgan fingerprint density at radius 2 is 2.00 bits per heavy atom. The first-order valence-corrected chi connectivity index (χ1v) is 5.45. The average Bonchev–Trinajstić information content (AvgIpc) is 2.30. The van der Waals surface area contributed by atoms with Crippen LogP contribution in [0.4, 0.5) is 0 Å². The highest BCUT2D eigenvalue weighted by Crippen LogP contribution is 2.27. The van der Waals surface area contributed by atoms with Crippen LogP contribution in [0.1, 0.15) is 19.4 Å². The topological polar surface area (TPSA) is 66.4 Å². The molecule has 0 bridgehead atoms. The lowest BCUT2D eigenvalue weighted by Gasteiger charge is -2.32. The number of nitrogens with one attached hydrogen (secondary N) is 1. The van der Waals surface area contributed by atoms with E-state index in [2.05, 4.69) is 5.23 Å². The molecule has 0 aromatic heterocycles. The second kappa shape index (κ2) is 5.64. The summed E-state index contributed by atoms with van der Waals surface area (Å²) in [5.41, 5.74) is 0.335. The molecular formula is C12H16BNO3. The van der Waals surface area contributed by atoms with E-state index in [4.69, 9.17) is 0 Å². The number of aliphatic carboxylic acids is 1. The van der Waals surface area contributed by atoms with E-state index >= 15 is 0 Å². The molecule has 0 radical (unpaired) electrons. The van der Waals surface area contributed by atoms with E-state index in [1.807, 2.05) is 44.2 Å². The minimum atomic E-state index is -0.958. The SMILES string of the molecule is CC(C)(c1ccccc1)[C@H](NBC=O)C(=O)O.